The van der Waals surface area contributed by atoms with Crippen molar-refractivity contribution in [2.24, 2.45) is 7.05 Å². The number of aromatic nitrogens is 1. The highest BCUT2D eigenvalue weighted by atomic mass is 16.3. The Balaban J connectivity index is 2.58. The number of nitrogens with one attached hydrogen (secondary N) is 2. The number of hydrogen-bond acceptors (Lipinski definition) is 3. The lowest BCUT2D eigenvalue weighted by Crippen LogP contribution is -2.38. The number of aliphatic hydroxyl groups excluding tert-OH is 1. The Morgan fingerprint density at radius 3 is 2.78 bits per heavy atom. The van der Waals surface area contributed by atoms with E-state index in [0.29, 0.717) is 12.1 Å². The van der Waals surface area contributed by atoms with E-state index in [1.54, 1.807) is 19.3 Å². The summed E-state index contributed by atoms with van der Waals surface area (Å²) >= 11 is 0. The molecule has 0 aliphatic heterocycles. The number of hydrogen-bond donors (Lipinski definition) is 3. The van der Waals surface area contributed by atoms with Gasteiger partial charge in [-0.05, 0) is 18.9 Å². The molecule has 6 nitrogen and oxygen atoms in total. The first kappa shape index (κ1) is 14.2. The van der Waals surface area contributed by atoms with Crippen molar-refractivity contribution in [1.29, 1.82) is 0 Å². The largest absolute Gasteiger partial charge is 0.396 e. The van der Waals surface area contributed by atoms with E-state index in [2.05, 4.69) is 10.6 Å². The van der Waals surface area contributed by atoms with Crippen molar-refractivity contribution < 1.29 is 9.90 Å². The Morgan fingerprint density at radius 2 is 2.22 bits per heavy atom. The van der Waals surface area contributed by atoms with E-state index in [4.69, 9.17) is 5.11 Å². The fourth-order valence-corrected chi connectivity index (χ4v) is 1.55. The van der Waals surface area contributed by atoms with Gasteiger partial charge in [0.05, 0.1) is 5.69 Å². The Hall–Kier alpha value is -1.82. The van der Waals surface area contributed by atoms with E-state index in [0.717, 1.165) is 6.42 Å². The SMILES string of the molecule is CCC(CCO)NC(=O)Nc1ccc(=O)n(C)c1. The van der Waals surface area contributed by atoms with Gasteiger partial charge in [0.1, 0.15) is 0 Å². The zero-order valence-electron chi connectivity index (χ0n) is 10.6. The Bertz CT molecular complexity index is 456. The third-order valence-corrected chi connectivity index (χ3v) is 2.65. The molecule has 3 N–H and O–H groups in total. The molecule has 1 aromatic heterocycles. The van der Waals surface area contributed by atoms with E-state index in [1.165, 1.54) is 10.6 Å². The molecule has 0 radical (unpaired) electrons. The van der Waals surface area contributed by atoms with Gasteiger partial charge in [-0.25, -0.2) is 4.79 Å². The van der Waals surface area contributed by atoms with E-state index in [1.807, 2.05) is 6.92 Å². The van der Waals surface area contributed by atoms with Crippen LogP contribution in [0.4, 0.5) is 10.5 Å². The molecule has 2 amide bonds. The summed E-state index contributed by atoms with van der Waals surface area (Å²) < 4.78 is 1.39. The zero-order valence-corrected chi connectivity index (χ0v) is 10.6. The molecular weight excluding hydrogens is 234 g/mol. The van der Waals surface area contributed by atoms with Crippen molar-refractivity contribution in [3.05, 3.63) is 28.7 Å². The number of aryl methyl sites for hydroxylation is 1. The molecule has 1 aromatic rings. The second kappa shape index (κ2) is 6.80. The normalized spacial score (nSPS) is 11.9. The van der Waals surface area contributed by atoms with Crippen LogP contribution in [0.5, 0.6) is 0 Å². The maximum Gasteiger partial charge on any atom is 0.319 e. The molecule has 1 atom stereocenters. The van der Waals surface area contributed by atoms with E-state index in [9.17, 15) is 9.59 Å². The number of urea groups is 1. The van der Waals surface area contributed by atoms with Crippen molar-refractivity contribution >= 4 is 11.7 Å². The maximum atomic E-state index is 11.7. The van der Waals surface area contributed by atoms with Crippen molar-refractivity contribution in [2.75, 3.05) is 11.9 Å². The van der Waals surface area contributed by atoms with Crippen LogP contribution in [0.3, 0.4) is 0 Å². The number of anilines is 1. The van der Waals surface area contributed by atoms with Crippen molar-refractivity contribution in [1.82, 2.24) is 9.88 Å². The molecule has 0 aliphatic carbocycles. The van der Waals surface area contributed by atoms with Gasteiger partial charge in [0.25, 0.3) is 0 Å². The molecule has 0 aromatic carbocycles. The summed E-state index contributed by atoms with van der Waals surface area (Å²) in [5.74, 6) is 0. The van der Waals surface area contributed by atoms with Crippen LogP contribution in [0.2, 0.25) is 0 Å². The van der Waals surface area contributed by atoms with Crippen LogP contribution < -0.4 is 16.2 Å². The average molecular weight is 253 g/mol. The molecule has 6 heteroatoms. The summed E-state index contributed by atoms with van der Waals surface area (Å²) in [6.07, 6.45) is 2.83. The standard InChI is InChI=1S/C12H19N3O3/c1-3-9(6-7-16)13-12(18)14-10-4-5-11(17)15(2)8-10/h4-5,8-9,16H,3,6-7H2,1-2H3,(H2,13,14,18). The summed E-state index contributed by atoms with van der Waals surface area (Å²) in [4.78, 5) is 22.8. The predicted molar refractivity (Wildman–Crippen MR) is 69.6 cm³/mol. The van der Waals surface area contributed by atoms with Crippen LogP contribution in [0.25, 0.3) is 0 Å². The van der Waals surface area contributed by atoms with Crippen LogP contribution in [-0.4, -0.2) is 28.4 Å². The molecule has 18 heavy (non-hydrogen) atoms. The molecule has 100 valence electrons. The molecule has 0 spiro atoms. The van der Waals surface area contributed by atoms with Gasteiger partial charge in [0.15, 0.2) is 0 Å². The molecule has 0 bridgehead atoms. The van der Waals surface area contributed by atoms with Gasteiger partial charge in [-0.15, -0.1) is 0 Å². The van der Waals surface area contributed by atoms with Gasteiger partial charge in [0.2, 0.25) is 5.56 Å². The molecular formula is C12H19N3O3. The summed E-state index contributed by atoms with van der Waals surface area (Å²) in [7, 11) is 1.62. The first-order chi connectivity index (χ1) is 8.56. The minimum atomic E-state index is -0.339. The van der Waals surface area contributed by atoms with Crippen molar-refractivity contribution in [3.63, 3.8) is 0 Å². The number of carbonyl (C=O) groups excluding carboxylic acids is 1. The lowest BCUT2D eigenvalue weighted by molar-refractivity contribution is 0.237. The molecule has 0 saturated carbocycles. The van der Waals surface area contributed by atoms with Crippen LogP contribution in [0.15, 0.2) is 23.1 Å². The number of rotatable bonds is 5. The highest BCUT2D eigenvalue weighted by Crippen LogP contribution is 2.03. The summed E-state index contributed by atoms with van der Waals surface area (Å²) in [5, 5.41) is 14.2. The van der Waals surface area contributed by atoms with Crippen molar-refractivity contribution in [3.8, 4) is 0 Å². The fourth-order valence-electron chi connectivity index (χ4n) is 1.55. The Labute approximate surface area is 106 Å². The Kier molecular flexibility index (Phi) is 5.38. The fraction of sp³-hybridized carbons (Fsp3) is 0.500. The van der Waals surface area contributed by atoms with Gasteiger partial charge in [-0.2, -0.15) is 0 Å². The minimum Gasteiger partial charge on any atom is -0.396 e. The summed E-state index contributed by atoms with van der Waals surface area (Å²) in [6.45, 7) is 1.98. The lowest BCUT2D eigenvalue weighted by Gasteiger charge is -2.16. The first-order valence-electron chi connectivity index (χ1n) is 5.92. The third-order valence-electron chi connectivity index (χ3n) is 2.65. The number of pyridine rings is 1. The smallest absolute Gasteiger partial charge is 0.319 e. The molecule has 1 rings (SSSR count). The summed E-state index contributed by atoms with van der Waals surface area (Å²) in [5.41, 5.74) is 0.418. The molecule has 0 fully saturated rings. The zero-order chi connectivity index (χ0) is 13.5. The van der Waals surface area contributed by atoms with Crippen LogP contribution in [-0.2, 0) is 7.05 Å². The second-order valence-corrected chi connectivity index (χ2v) is 4.08. The van der Waals surface area contributed by atoms with E-state index >= 15 is 0 Å². The second-order valence-electron chi connectivity index (χ2n) is 4.08. The minimum absolute atomic E-state index is 0.0403. The number of aliphatic hydroxyl groups is 1. The van der Waals surface area contributed by atoms with E-state index in [-0.39, 0.29) is 24.2 Å². The quantitative estimate of drug-likeness (QED) is 0.721. The average Bonchev–Trinajstić information content (AvgIpc) is 2.33. The third kappa shape index (κ3) is 4.21. The molecule has 1 heterocycles. The highest BCUT2D eigenvalue weighted by molar-refractivity contribution is 5.89. The van der Waals surface area contributed by atoms with Gasteiger partial charge in [0, 0.05) is 32.0 Å². The monoisotopic (exact) mass is 253 g/mol. The van der Waals surface area contributed by atoms with Gasteiger partial charge >= 0.3 is 6.03 Å². The molecule has 0 saturated heterocycles. The number of amides is 2. The Morgan fingerprint density at radius 1 is 1.50 bits per heavy atom. The van der Waals surface area contributed by atoms with Gasteiger partial charge < -0.3 is 20.3 Å². The topological polar surface area (TPSA) is 83.4 Å². The van der Waals surface area contributed by atoms with Crippen molar-refractivity contribution in [2.45, 2.75) is 25.8 Å². The predicted octanol–water partition coefficient (Wildman–Crippen LogP) is 0.668. The highest BCUT2D eigenvalue weighted by Gasteiger charge is 2.09. The molecule has 1 unspecified atom stereocenters. The van der Waals surface area contributed by atoms with Crippen LogP contribution in [0.1, 0.15) is 19.8 Å². The maximum absolute atomic E-state index is 11.7. The number of nitrogens with zero attached hydrogens (tertiary/aromatic N) is 1. The first-order valence-corrected chi connectivity index (χ1v) is 5.92. The molecule has 0 aliphatic rings. The summed E-state index contributed by atoms with van der Waals surface area (Å²) in [6, 6.07) is 2.55. The van der Waals surface area contributed by atoms with Crippen LogP contribution >= 0.6 is 0 Å². The van der Waals surface area contributed by atoms with E-state index < -0.39 is 0 Å². The van der Waals surface area contributed by atoms with Crippen LogP contribution in [0, 0.1) is 0 Å². The van der Waals surface area contributed by atoms with Gasteiger partial charge in [-0.1, -0.05) is 6.92 Å². The van der Waals surface area contributed by atoms with Gasteiger partial charge in [-0.3, -0.25) is 4.79 Å². The number of carbonyl (C=O) groups is 1. The lowest BCUT2D eigenvalue weighted by atomic mass is 10.2.